The lowest BCUT2D eigenvalue weighted by atomic mass is 9.93. The van der Waals surface area contributed by atoms with Crippen LogP contribution in [0.15, 0.2) is 6.07 Å². The largest absolute Gasteiger partial charge is 0.328 e. The average molecular weight is 272 g/mol. The van der Waals surface area contributed by atoms with E-state index in [0.717, 1.165) is 24.7 Å². The Bertz CT molecular complexity index is 560. The molecule has 1 N–H and O–H groups in total. The number of piperidine rings is 1. The number of nitrogens with one attached hydrogen (secondary N) is 1. The average Bonchev–Trinajstić information content (AvgIpc) is 3.17. The quantitative estimate of drug-likeness (QED) is 0.880. The molecular weight excluding hydrogens is 252 g/mol. The van der Waals surface area contributed by atoms with Crippen molar-refractivity contribution in [2.45, 2.75) is 43.7 Å². The number of hydrogen-bond donors (Lipinski definition) is 1. The summed E-state index contributed by atoms with van der Waals surface area (Å²) in [5.74, 6) is 1.51. The van der Waals surface area contributed by atoms with Crippen LogP contribution >= 0.6 is 0 Å². The predicted octanol–water partition coefficient (Wildman–Crippen LogP) is 1.21. The Kier molecular flexibility index (Phi) is 2.18. The lowest BCUT2D eigenvalue weighted by Gasteiger charge is -2.44. The second-order valence-electron chi connectivity index (χ2n) is 6.96. The number of carbonyl (C=O) groups excluding carboxylic acids is 1. The topological polar surface area (TPSA) is 52.2 Å². The van der Waals surface area contributed by atoms with Gasteiger partial charge in [0.15, 0.2) is 0 Å². The Labute approximate surface area is 118 Å². The highest BCUT2D eigenvalue weighted by Gasteiger charge is 2.51. The zero-order valence-electron chi connectivity index (χ0n) is 11.6. The second-order valence-corrected chi connectivity index (χ2v) is 6.96. The molecule has 5 nitrogen and oxygen atoms in total. The lowest BCUT2D eigenvalue weighted by Crippen LogP contribution is -2.58. The summed E-state index contributed by atoms with van der Waals surface area (Å²) in [4.78, 5) is 17.5. The molecule has 1 unspecified atom stereocenters. The summed E-state index contributed by atoms with van der Waals surface area (Å²) in [6.07, 6.45) is 4.94. The summed E-state index contributed by atoms with van der Waals surface area (Å²) < 4.78 is 0. The van der Waals surface area contributed by atoms with Crippen LogP contribution in [-0.4, -0.2) is 57.6 Å². The minimum atomic E-state index is 0.159. The van der Waals surface area contributed by atoms with Crippen LogP contribution in [0.1, 0.15) is 47.8 Å². The number of rotatable bonds is 2. The first-order valence-electron chi connectivity index (χ1n) is 7.90. The molecule has 5 heteroatoms. The van der Waals surface area contributed by atoms with E-state index >= 15 is 0 Å². The fraction of sp³-hybridized carbons (Fsp3) is 0.733. The van der Waals surface area contributed by atoms with E-state index in [2.05, 4.69) is 20.0 Å². The van der Waals surface area contributed by atoms with Crippen LogP contribution in [0, 0.1) is 5.92 Å². The molecule has 4 fully saturated rings. The van der Waals surface area contributed by atoms with Crippen LogP contribution in [0.4, 0.5) is 0 Å². The van der Waals surface area contributed by atoms with Gasteiger partial charge in [0.05, 0.1) is 0 Å². The van der Waals surface area contributed by atoms with Crippen molar-refractivity contribution in [2.75, 3.05) is 19.6 Å². The zero-order valence-corrected chi connectivity index (χ0v) is 11.6. The molecule has 20 heavy (non-hydrogen) atoms. The molecule has 4 atom stereocenters. The predicted molar refractivity (Wildman–Crippen MR) is 73.5 cm³/mol. The highest BCUT2D eigenvalue weighted by atomic mass is 16.2. The van der Waals surface area contributed by atoms with Gasteiger partial charge in [0.2, 0.25) is 0 Å². The Morgan fingerprint density at radius 1 is 1.30 bits per heavy atom. The third-order valence-corrected chi connectivity index (χ3v) is 5.67. The lowest BCUT2D eigenvalue weighted by molar-refractivity contribution is 0.0257. The summed E-state index contributed by atoms with van der Waals surface area (Å²) >= 11 is 0. The van der Waals surface area contributed by atoms with Gasteiger partial charge in [-0.2, -0.15) is 5.10 Å². The fourth-order valence-corrected chi connectivity index (χ4v) is 4.49. The molecule has 3 bridgehead atoms. The van der Waals surface area contributed by atoms with Crippen molar-refractivity contribution in [3.8, 4) is 0 Å². The number of aromatic amines is 1. The van der Waals surface area contributed by atoms with Crippen molar-refractivity contribution in [1.29, 1.82) is 0 Å². The minimum absolute atomic E-state index is 0.159. The van der Waals surface area contributed by atoms with E-state index in [4.69, 9.17) is 0 Å². The standard InChI is InChI=1S/C15H20N4O/c20-15(13-6-12(16-17-13)9-1-2-9)19-11-5-10-3-4-18(7-11)8-14(10)19/h6,9-11,14H,1-5,7-8H2,(H,16,17)/t10-,11+,14-/m1/s1. The first-order valence-corrected chi connectivity index (χ1v) is 7.90. The molecule has 4 aliphatic rings. The number of piperazine rings is 1. The van der Waals surface area contributed by atoms with Gasteiger partial charge in [-0.1, -0.05) is 0 Å². The highest BCUT2D eigenvalue weighted by Crippen LogP contribution is 2.42. The van der Waals surface area contributed by atoms with Gasteiger partial charge in [-0.25, -0.2) is 0 Å². The third-order valence-electron chi connectivity index (χ3n) is 5.67. The van der Waals surface area contributed by atoms with E-state index in [0.29, 0.717) is 23.7 Å². The van der Waals surface area contributed by atoms with E-state index in [1.54, 1.807) is 0 Å². The van der Waals surface area contributed by atoms with Crippen LogP contribution in [0.5, 0.6) is 0 Å². The monoisotopic (exact) mass is 272 g/mol. The van der Waals surface area contributed by atoms with Crippen LogP contribution < -0.4 is 0 Å². The Balaban J connectivity index is 1.43. The Morgan fingerprint density at radius 2 is 2.20 bits per heavy atom. The SMILES string of the molecule is O=C(c1cc(C2CC2)[nH]n1)N1[C@H]2C[C@H]3CCN(C2)C[C@H]31. The van der Waals surface area contributed by atoms with Gasteiger partial charge < -0.3 is 4.90 Å². The number of hydrogen-bond acceptors (Lipinski definition) is 3. The molecule has 1 aromatic rings. The van der Waals surface area contributed by atoms with Crippen molar-refractivity contribution >= 4 is 5.91 Å². The Morgan fingerprint density at radius 3 is 3.05 bits per heavy atom. The number of carbonyl (C=O) groups is 1. The minimum Gasteiger partial charge on any atom is -0.328 e. The third kappa shape index (κ3) is 1.53. The van der Waals surface area contributed by atoms with Gasteiger partial charge in [0.1, 0.15) is 5.69 Å². The van der Waals surface area contributed by atoms with Gasteiger partial charge >= 0.3 is 0 Å². The van der Waals surface area contributed by atoms with Crippen LogP contribution in [-0.2, 0) is 0 Å². The van der Waals surface area contributed by atoms with Crippen molar-refractivity contribution in [2.24, 2.45) is 5.92 Å². The molecular formula is C15H20N4O. The molecule has 3 saturated heterocycles. The summed E-state index contributed by atoms with van der Waals surface area (Å²) in [5, 5.41) is 7.35. The smallest absolute Gasteiger partial charge is 0.274 e. The van der Waals surface area contributed by atoms with Gasteiger partial charge in [-0.3, -0.25) is 14.8 Å². The van der Waals surface area contributed by atoms with Crippen LogP contribution in [0.25, 0.3) is 0 Å². The number of aromatic nitrogens is 2. The summed E-state index contributed by atoms with van der Waals surface area (Å²) in [7, 11) is 0. The zero-order chi connectivity index (χ0) is 13.3. The fourth-order valence-electron chi connectivity index (χ4n) is 4.49. The van der Waals surface area contributed by atoms with Crippen LogP contribution in [0.2, 0.25) is 0 Å². The van der Waals surface area contributed by atoms with E-state index in [1.807, 2.05) is 6.07 Å². The molecule has 0 spiro atoms. The Hall–Kier alpha value is -1.36. The maximum atomic E-state index is 12.8. The molecule has 4 heterocycles. The maximum Gasteiger partial charge on any atom is 0.274 e. The second kappa shape index (κ2) is 3.85. The molecule has 5 rings (SSSR count). The van der Waals surface area contributed by atoms with Gasteiger partial charge in [-0.05, 0) is 44.2 Å². The molecule has 1 aromatic heterocycles. The first kappa shape index (κ1) is 11.3. The first-order chi connectivity index (χ1) is 9.79. The van der Waals surface area contributed by atoms with Crippen molar-refractivity contribution in [1.82, 2.24) is 20.0 Å². The molecule has 1 saturated carbocycles. The number of amides is 1. The van der Waals surface area contributed by atoms with Crippen LogP contribution in [0.3, 0.4) is 0 Å². The van der Waals surface area contributed by atoms with E-state index in [-0.39, 0.29) is 5.91 Å². The van der Waals surface area contributed by atoms with Crippen molar-refractivity contribution in [3.63, 3.8) is 0 Å². The molecule has 0 radical (unpaired) electrons. The number of nitrogens with zero attached hydrogens (tertiary/aromatic N) is 3. The van der Waals surface area contributed by atoms with Gasteiger partial charge in [-0.15, -0.1) is 0 Å². The van der Waals surface area contributed by atoms with E-state index < -0.39 is 0 Å². The molecule has 1 aliphatic carbocycles. The molecule has 1 amide bonds. The number of H-pyrrole nitrogens is 1. The summed E-state index contributed by atoms with van der Waals surface area (Å²) in [5.41, 5.74) is 1.79. The van der Waals surface area contributed by atoms with Gasteiger partial charge in [0.25, 0.3) is 5.91 Å². The van der Waals surface area contributed by atoms with Crippen molar-refractivity contribution < 1.29 is 4.79 Å². The molecule has 0 aromatic carbocycles. The number of fused-ring (bicyclic) bond motifs is 2. The van der Waals surface area contributed by atoms with E-state index in [1.165, 1.54) is 32.2 Å². The van der Waals surface area contributed by atoms with Gasteiger partial charge in [0, 0.05) is 36.8 Å². The van der Waals surface area contributed by atoms with Crippen molar-refractivity contribution in [3.05, 3.63) is 17.5 Å². The molecule has 3 aliphatic heterocycles. The van der Waals surface area contributed by atoms with E-state index in [9.17, 15) is 4.79 Å². The summed E-state index contributed by atoms with van der Waals surface area (Å²) in [6.45, 7) is 3.37. The molecule has 106 valence electrons. The maximum absolute atomic E-state index is 12.8. The normalized spacial score (nSPS) is 38.5. The summed E-state index contributed by atoms with van der Waals surface area (Å²) in [6, 6.07) is 2.86. The highest BCUT2D eigenvalue weighted by molar-refractivity contribution is 5.93.